The first-order valence-corrected chi connectivity index (χ1v) is 9.42. The van der Waals surface area contributed by atoms with E-state index in [1.54, 1.807) is 6.92 Å². The van der Waals surface area contributed by atoms with Crippen molar-refractivity contribution in [3.63, 3.8) is 0 Å². The Bertz CT molecular complexity index is 673. The van der Waals surface area contributed by atoms with Crippen LogP contribution < -0.4 is 0 Å². The molecule has 3 nitrogen and oxygen atoms in total. The van der Waals surface area contributed by atoms with Gasteiger partial charge in [-0.3, -0.25) is 9.59 Å². The van der Waals surface area contributed by atoms with E-state index in [-0.39, 0.29) is 22.4 Å². The zero-order chi connectivity index (χ0) is 17.3. The lowest BCUT2D eigenvalue weighted by atomic mass is 9.46. The smallest absolute Gasteiger partial charge is 0.156 e. The highest BCUT2D eigenvalue weighted by atomic mass is 16.3. The fourth-order valence-electron chi connectivity index (χ4n) is 6.63. The number of hydrogen-bond acceptors (Lipinski definition) is 3. The van der Waals surface area contributed by atoms with Crippen molar-refractivity contribution in [3.8, 4) is 0 Å². The molecule has 2 saturated carbocycles. The molecule has 3 heteroatoms. The SMILES string of the molecule is CC(=O)C1=CC[C@@H]2[C@@H]3CCC4=CC(=O)CC[C@]4(C)[C@H]3C[C@@H](O)[C@]12C. The highest BCUT2D eigenvalue weighted by Crippen LogP contribution is 2.65. The number of carbonyl (C=O) groups excluding carboxylic acids is 2. The van der Waals surface area contributed by atoms with E-state index in [1.165, 1.54) is 5.57 Å². The number of aliphatic hydroxyl groups excluding tert-OH is 1. The number of fused-ring (bicyclic) bond motifs is 5. The average Bonchev–Trinajstić information content (AvgIpc) is 2.88. The zero-order valence-electron chi connectivity index (χ0n) is 15.0. The summed E-state index contributed by atoms with van der Waals surface area (Å²) in [6, 6.07) is 0. The van der Waals surface area contributed by atoms with E-state index in [9.17, 15) is 14.7 Å². The van der Waals surface area contributed by atoms with Crippen LogP contribution in [0.1, 0.15) is 59.3 Å². The minimum atomic E-state index is -0.463. The molecule has 4 rings (SSSR count). The average molecular weight is 328 g/mol. The van der Waals surface area contributed by atoms with Crippen molar-refractivity contribution in [2.24, 2.45) is 28.6 Å². The van der Waals surface area contributed by atoms with Gasteiger partial charge >= 0.3 is 0 Å². The minimum Gasteiger partial charge on any atom is -0.392 e. The molecule has 4 aliphatic carbocycles. The van der Waals surface area contributed by atoms with E-state index < -0.39 is 6.10 Å². The third-order valence-electron chi connectivity index (χ3n) is 8.03. The molecule has 0 amide bonds. The summed E-state index contributed by atoms with van der Waals surface area (Å²) in [6.45, 7) is 6.05. The molecule has 1 N–H and O–H groups in total. The number of Topliss-reactive ketones (excluding diaryl/α,β-unsaturated/α-hetero) is 1. The summed E-state index contributed by atoms with van der Waals surface area (Å²) in [7, 11) is 0. The fourth-order valence-corrected chi connectivity index (χ4v) is 6.63. The van der Waals surface area contributed by atoms with Crippen LogP contribution in [0, 0.1) is 28.6 Å². The van der Waals surface area contributed by atoms with Crippen molar-refractivity contribution in [1.82, 2.24) is 0 Å². The van der Waals surface area contributed by atoms with Crippen molar-refractivity contribution in [3.05, 3.63) is 23.3 Å². The topological polar surface area (TPSA) is 54.4 Å². The first kappa shape index (κ1) is 16.3. The third kappa shape index (κ3) is 1.94. The van der Waals surface area contributed by atoms with Crippen molar-refractivity contribution in [1.29, 1.82) is 0 Å². The maximum atomic E-state index is 12.1. The highest BCUT2D eigenvalue weighted by molar-refractivity contribution is 5.95. The van der Waals surface area contributed by atoms with Crippen molar-refractivity contribution in [2.45, 2.75) is 65.4 Å². The highest BCUT2D eigenvalue weighted by Gasteiger charge is 2.60. The van der Waals surface area contributed by atoms with E-state index in [0.717, 1.165) is 37.7 Å². The molecule has 24 heavy (non-hydrogen) atoms. The second-order valence-corrected chi connectivity index (χ2v) is 8.91. The van der Waals surface area contributed by atoms with Gasteiger partial charge in [0.2, 0.25) is 0 Å². The first-order valence-electron chi connectivity index (χ1n) is 9.42. The molecule has 4 aliphatic rings. The molecule has 0 heterocycles. The van der Waals surface area contributed by atoms with Gasteiger partial charge in [0, 0.05) is 11.8 Å². The van der Waals surface area contributed by atoms with Crippen molar-refractivity contribution >= 4 is 11.6 Å². The number of hydrogen-bond donors (Lipinski definition) is 1. The molecule has 0 bridgehead atoms. The van der Waals surface area contributed by atoms with Gasteiger partial charge in [0.15, 0.2) is 11.6 Å². The molecule has 0 spiro atoms. The van der Waals surface area contributed by atoms with Gasteiger partial charge in [-0.25, -0.2) is 0 Å². The van der Waals surface area contributed by atoms with Gasteiger partial charge in [-0.2, -0.15) is 0 Å². The lowest BCUT2D eigenvalue weighted by Gasteiger charge is -2.59. The van der Waals surface area contributed by atoms with Crippen LogP contribution >= 0.6 is 0 Å². The minimum absolute atomic E-state index is 0.0537. The Kier molecular flexibility index (Phi) is 3.48. The first-order chi connectivity index (χ1) is 11.3. The van der Waals surface area contributed by atoms with Gasteiger partial charge in [-0.15, -0.1) is 0 Å². The molecule has 6 atom stereocenters. The number of ketones is 2. The van der Waals surface area contributed by atoms with Crippen LogP contribution in [0.5, 0.6) is 0 Å². The third-order valence-corrected chi connectivity index (χ3v) is 8.03. The maximum Gasteiger partial charge on any atom is 0.156 e. The molecular weight excluding hydrogens is 300 g/mol. The second-order valence-electron chi connectivity index (χ2n) is 8.91. The van der Waals surface area contributed by atoms with E-state index in [0.29, 0.717) is 24.2 Å². The standard InChI is InChI=1S/C21H28O3/c1-12(22)16-6-7-17-15-5-4-13-10-14(23)8-9-20(13,2)18(15)11-19(24)21(16,17)3/h6,10,15,17-19,24H,4-5,7-9,11H2,1-3H3/t15-,17+,18-,19+,20-,21+/m0/s1. The number of aliphatic hydroxyl groups is 1. The summed E-state index contributed by atoms with van der Waals surface area (Å²) in [5.41, 5.74) is 1.84. The Morgan fingerprint density at radius 2 is 2.00 bits per heavy atom. The normalized spacial score (nSPS) is 47.2. The molecule has 0 aromatic heterocycles. The lowest BCUT2D eigenvalue weighted by molar-refractivity contribution is -0.127. The molecule has 0 unspecified atom stereocenters. The molecule has 130 valence electrons. The van der Waals surface area contributed by atoms with Gasteiger partial charge in [-0.05, 0) is 73.8 Å². The number of allylic oxidation sites excluding steroid dienone is 3. The van der Waals surface area contributed by atoms with Crippen LogP contribution in [0.3, 0.4) is 0 Å². The molecule has 0 aromatic carbocycles. The van der Waals surface area contributed by atoms with E-state index in [4.69, 9.17) is 0 Å². The summed E-state index contributed by atoms with van der Waals surface area (Å²) in [6.07, 6.45) is 8.84. The van der Waals surface area contributed by atoms with Gasteiger partial charge in [0.25, 0.3) is 0 Å². The van der Waals surface area contributed by atoms with E-state index in [1.807, 2.05) is 6.08 Å². The van der Waals surface area contributed by atoms with E-state index >= 15 is 0 Å². The molecular formula is C21H28O3. The predicted molar refractivity (Wildman–Crippen MR) is 92.2 cm³/mol. The Morgan fingerprint density at radius 3 is 2.71 bits per heavy atom. The summed E-state index contributed by atoms with van der Waals surface area (Å²) < 4.78 is 0. The van der Waals surface area contributed by atoms with Crippen LogP contribution in [0.4, 0.5) is 0 Å². The Morgan fingerprint density at radius 1 is 1.25 bits per heavy atom. The Hall–Kier alpha value is -1.22. The summed E-state index contributed by atoms with van der Waals surface area (Å²) in [5, 5.41) is 11.1. The van der Waals surface area contributed by atoms with Crippen LogP contribution in [-0.2, 0) is 9.59 Å². The van der Waals surface area contributed by atoms with Crippen LogP contribution in [0.25, 0.3) is 0 Å². The summed E-state index contributed by atoms with van der Waals surface area (Å²) >= 11 is 0. The number of rotatable bonds is 1. The monoisotopic (exact) mass is 328 g/mol. The maximum absolute atomic E-state index is 12.1. The number of carbonyl (C=O) groups is 2. The Labute approximate surface area is 144 Å². The lowest BCUT2D eigenvalue weighted by Crippen LogP contribution is -2.56. The quantitative estimate of drug-likeness (QED) is 0.800. The molecule has 0 aromatic rings. The van der Waals surface area contributed by atoms with Crippen LogP contribution in [-0.4, -0.2) is 22.8 Å². The van der Waals surface area contributed by atoms with Crippen LogP contribution in [0.2, 0.25) is 0 Å². The molecule has 0 saturated heterocycles. The van der Waals surface area contributed by atoms with Crippen molar-refractivity contribution < 1.29 is 14.7 Å². The van der Waals surface area contributed by atoms with Gasteiger partial charge < -0.3 is 5.11 Å². The van der Waals surface area contributed by atoms with E-state index in [2.05, 4.69) is 19.9 Å². The largest absolute Gasteiger partial charge is 0.392 e. The van der Waals surface area contributed by atoms with Crippen molar-refractivity contribution in [2.75, 3.05) is 0 Å². The van der Waals surface area contributed by atoms with Crippen LogP contribution in [0.15, 0.2) is 23.3 Å². The fraction of sp³-hybridized carbons (Fsp3) is 0.714. The van der Waals surface area contributed by atoms with Gasteiger partial charge in [0.1, 0.15) is 0 Å². The Balaban J connectivity index is 1.73. The van der Waals surface area contributed by atoms with Gasteiger partial charge in [0.05, 0.1) is 6.10 Å². The molecule has 2 fully saturated rings. The summed E-state index contributed by atoms with van der Waals surface area (Å²) in [4.78, 5) is 24.0. The second kappa shape index (κ2) is 5.14. The summed E-state index contributed by atoms with van der Waals surface area (Å²) in [5.74, 6) is 1.72. The van der Waals surface area contributed by atoms with Gasteiger partial charge in [-0.1, -0.05) is 25.5 Å². The zero-order valence-corrected chi connectivity index (χ0v) is 15.0. The molecule has 0 aliphatic heterocycles. The molecule has 0 radical (unpaired) electrons. The predicted octanol–water partition coefficient (Wildman–Crippen LogP) is 3.61.